The second kappa shape index (κ2) is 6.47. The molecule has 0 saturated carbocycles. The monoisotopic (exact) mass is 337 g/mol. The first kappa shape index (κ1) is 14.5. The number of ether oxygens (including phenoxy) is 2. The highest BCUT2D eigenvalue weighted by Gasteiger charge is 2.06. The van der Waals surface area contributed by atoms with Gasteiger partial charge in [0.25, 0.3) is 0 Å². The van der Waals surface area contributed by atoms with Gasteiger partial charge in [-0.25, -0.2) is 4.98 Å². The second-order valence-electron chi connectivity index (χ2n) is 4.13. The van der Waals surface area contributed by atoms with E-state index in [-0.39, 0.29) is 0 Å². The highest BCUT2D eigenvalue weighted by Crippen LogP contribution is 2.25. The van der Waals surface area contributed by atoms with Crippen molar-refractivity contribution in [1.29, 1.82) is 0 Å². The summed E-state index contributed by atoms with van der Waals surface area (Å²) in [7, 11) is 3.26. The lowest BCUT2D eigenvalue weighted by Gasteiger charge is -2.12. The third-order valence-corrected chi connectivity index (χ3v) is 3.22. The van der Waals surface area contributed by atoms with Crippen LogP contribution >= 0.6 is 15.9 Å². The third-order valence-electron chi connectivity index (χ3n) is 2.76. The summed E-state index contributed by atoms with van der Waals surface area (Å²) in [4.78, 5) is 4.21. The van der Waals surface area contributed by atoms with Crippen LogP contribution in [0.4, 0.5) is 11.6 Å². The molecule has 5 nitrogen and oxygen atoms in total. The van der Waals surface area contributed by atoms with Gasteiger partial charge in [-0.3, -0.25) is 0 Å². The van der Waals surface area contributed by atoms with Gasteiger partial charge in [0.2, 0.25) is 0 Å². The van der Waals surface area contributed by atoms with Crippen LogP contribution in [0.25, 0.3) is 0 Å². The Morgan fingerprint density at radius 1 is 1.20 bits per heavy atom. The van der Waals surface area contributed by atoms with Crippen molar-refractivity contribution in [3.63, 3.8) is 0 Å². The Morgan fingerprint density at radius 3 is 2.65 bits per heavy atom. The molecule has 0 aliphatic carbocycles. The molecule has 0 aliphatic heterocycles. The van der Waals surface area contributed by atoms with Gasteiger partial charge in [-0.1, -0.05) is 15.9 Å². The molecule has 0 atom stereocenters. The Balaban J connectivity index is 2.14. The SMILES string of the molecule is COc1ccc(CNc2cc(Br)cc(N)n2)c(OC)c1. The Hall–Kier alpha value is -1.95. The van der Waals surface area contributed by atoms with E-state index < -0.39 is 0 Å². The number of pyridine rings is 1. The minimum Gasteiger partial charge on any atom is -0.497 e. The Morgan fingerprint density at radius 2 is 2.00 bits per heavy atom. The lowest BCUT2D eigenvalue weighted by Crippen LogP contribution is -2.04. The molecule has 0 spiro atoms. The minimum absolute atomic E-state index is 0.462. The van der Waals surface area contributed by atoms with Crippen LogP contribution in [0.1, 0.15) is 5.56 Å². The minimum atomic E-state index is 0.462. The normalized spacial score (nSPS) is 10.2. The number of nitrogens with two attached hydrogens (primary N) is 1. The number of nitrogens with zero attached hydrogens (tertiary/aromatic N) is 1. The summed E-state index contributed by atoms with van der Waals surface area (Å²) in [6.45, 7) is 0.579. The number of nitrogen functional groups attached to an aromatic ring is 1. The quantitative estimate of drug-likeness (QED) is 0.877. The first-order valence-corrected chi connectivity index (χ1v) is 6.79. The van der Waals surface area contributed by atoms with Crippen molar-refractivity contribution < 1.29 is 9.47 Å². The van der Waals surface area contributed by atoms with Crippen molar-refractivity contribution >= 4 is 27.6 Å². The van der Waals surface area contributed by atoms with Gasteiger partial charge in [0.15, 0.2) is 0 Å². The van der Waals surface area contributed by atoms with Crippen LogP contribution in [0.15, 0.2) is 34.8 Å². The molecule has 1 aromatic heterocycles. The average Bonchev–Trinajstić information content (AvgIpc) is 2.44. The van der Waals surface area contributed by atoms with Gasteiger partial charge in [-0.15, -0.1) is 0 Å². The fourth-order valence-corrected chi connectivity index (χ4v) is 2.24. The number of nitrogens with one attached hydrogen (secondary N) is 1. The van der Waals surface area contributed by atoms with E-state index in [4.69, 9.17) is 15.2 Å². The van der Waals surface area contributed by atoms with E-state index in [2.05, 4.69) is 26.2 Å². The molecule has 3 N–H and O–H groups in total. The van der Waals surface area contributed by atoms with Gasteiger partial charge in [-0.05, 0) is 24.3 Å². The first-order chi connectivity index (χ1) is 9.62. The fourth-order valence-electron chi connectivity index (χ4n) is 1.79. The van der Waals surface area contributed by atoms with E-state index in [0.717, 1.165) is 21.5 Å². The predicted octanol–water partition coefficient (Wildman–Crippen LogP) is 3.06. The summed E-state index contributed by atoms with van der Waals surface area (Å²) < 4.78 is 11.4. The average molecular weight is 338 g/mol. The Kier molecular flexibility index (Phi) is 4.68. The van der Waals surface area contributed by atoms with Crippen molar-refractivity contribution in [1.82, 2.24) is 4.98 Å². The molecule has 0 amide bonds. The molecule has 106 valence electrons. The molecule has 0 bridgehead atoms. The molecule has 1 heterocycles. The van der Waals surface area contributed by atoms with Crippen molar-refractivity contribution in [3.8, 4) is 11.5 Å². The molecule has 0 saturated heterocycles. The van der Waals surface area contributed by atoms with Gasteiger partial charge in [-0.2, -0.15) is 0 Å². The second-order valence-corrected chi connectivity index (χ2v) is 5.04. The van der Waals surface area contributed by atoms with Gasteiger partial charge >= 0.3 is 0 Å². The number of aromatic nitrogens is 1. The molecule has 20 heavy (non-hydrogen) atoms. The number of anilines is 2. The number of methoxy groups -OCH3 is 2. The first-order valence-electron chi connectivity index (χ1n) is 6.00. The van der Waals surface area contributed by atoms with Crippen molar-refractivity contribution in [2.24, 2.45) is 0 Å². The van der Waals surface area contributed by atoms with Gasteiger partial charge in [0.1, 0.15) is 23.1 Å². The maximum atomic E-state index is 5.70. The summed E-state index contributed by atoms with van der Waals surface area (Å²) in [6.07, 6.45) is 0. The van der Waals surface area contributed by atoms with Gasteiger partial charge < -0.3 is 20.5 Å². The maximum Gasteiger partial charge on any atom is 0.129 e. The number of hydrogen-bond donors (Lipinski definition) is 2. The summed E-state index contributed by atoms with van der Waals surface area (Å²) in [5.74, 6) is 2.69. The van der Waals surface area contributed by atoms with Gasteiger partial charge in [0, 0.05) is 22.6 Å². The van der Waals surface area contributed by atoms with Crippen molar-refractivity contribution in [2.75, 3.05) is 25.3 Å². The number of rotatable bonds is 5. The number of halogens is 1. The Bertz CT molecular complexity index is 585. The van der Waals surface area contributed by atoms with E-state index >= 15 is 0 Å². The molecule has 2 rings (SSSR count). The summed E-state index contributed by atoms with van der Waals surface area (Å²) in [5.41, 5.74) is 6.71. The molecule has 1 aromatic carbocycles. The predicted molar refractivity (Wildman–Crippen MR) is 83.2 cm³/mol. The molecular formula is C14H16BrN3O2. The highest BCUT2D eigenvalue weighted by atomic mass is 79.9. The lowest BCUT2D eigenvalue weighted by molar-refractivity contribution is 0.391. The smallest absolute Gasteiger partial charge is 0.129 e. The van der Waals surface area contributed by atoms with Crippen molar-refractivity contribution in [3.05, 3.63) is 40.4 Å². The van der Waals surface area contributed by atoms with E-state index in [0.29, 0.717) is 18.2 Å². The maximum absolute atomic E-state index is 5.70. The largest absolute Gasteiger partial charge is 0.497 e. The zero-order valence-electron chi connectivity index (χ0n) is 11.3. The van der Waals surface area contributed by atoms with Crippen LogP contribution in [0.3, 0.4) is 0 Å². The third kappa shape index (κ3) is 3.54. The molecule has 0 radical (unpaired) electrons. The van der Waals surface area contributed by atoms with Crippen LogP contribution in [-0.2, 0) is 6.54 Å². The fraction of sp³-hybridized carbons (Fsp3) is 0.214. The zero-order chi connectivity index (χ0) is 14.5. The number of hydrogen-bond acceptors (Lipinski definition) is 5. The summed E-state index contributed by atoms with van der Waals surface area (Å²) in [5, 5.41) is 3.21. The zero-order valence-corrected chi connectivity index (χ0v) is 12.9. The summed E-state index contributed by atoms with van der Waals surface area (Å²) in [6, 6.07) is 9.31. The molecule has 0 fully saturated rings. The van der Waals surface area contributed by atoms with Crippen LogP contribution in [-0.4, -0.2) is 19.2 Å². The Labute approximate surface area is 126 Å². The molecule has 2 aromatic rings. The number of benzene rings is 1. The topological polar surface area (TPSA) is 69.4 Å². The van der Waals surface area contributed by atoms with Crippen LogP contribution in [0.2, 0.25) is 0 Å². The van der Waals surface area contributed by atoms with Gasteiger partial charge in [0.05, 0.1) is 14.2 Å². The van der Waals surface area contributed by atoms with E-state index in [1.54, 1.807) is 20.3 Å². The van der Waals surface area contributed by atoms with E-state index in [1.165, 1.54) is 0 Å². The van der Waals surface area contributed by atoms with E-state index in [9.17, 15) is 0 Å². The van der Waals surface area contributed by atoms with Crippen molar-refractivity contribution in [2.45, 2.75) is 6.54 Å². The molecule has 6 heteroatoms. The van der Waals surface area contributed by atoms with Crippen LogP contribution < -0.4 is 20.5 Å². The summed E-state index contributed by atoms with van der Waals surface area (Å²) >= 11 is 3.38. The standard InChI is InChI=1S/C14H16BrN3O2/c1-19-11-4-3-9(12(7-11)20-2)8-17-14-6-10(15)5-13(16)18-14/h3-7H,8H2,1-2H3,(H3,16,17,18). The molecular weight excluding hydrogens is 322 g/mol. The lowest BCUT2D eigenvalue weighted by atomic mass is 10.2. The van der Waals surface area contributed by atoms with E-state index in [1.807, 2.05) is 24.3 Å². The van der Waals surface area contributed by atoms with Crippen LogP contribution in [0.5, 0.6) is 11.5 Å². The highest BCUT2D eigenvalue weighted by molar-refractivity contribution is 9.10. The van der Waals surface area contributed by atoms with Crippen LogP contribution in [0, 0.1) is 0 Å². The molecule has 0 aliphatic rings. The molecule has 0 unspecified atom stereocenters.